The van der Waals surface area contributed by atoms with Crippen molar-refractivity contribution < 1.29 is 24.2 Å². The number of ketones is 1. The Morgan fingerprint density at radius 2 is 1.56 bits per heavy atom. The minimum Gasteiger partial charge on any atom is -0.492 e. The molecule has 0 heterocycles. The summed E-state index contributed by atoms with van der Waals surface area (Å²) in [6.45, 7) is 1.84. The van der Waals surface area contributed by atoms with E-state index in [1.54, 1.807) is 48.5 Å². The number of rotatable bonds is 14. The molecule has 1 amide bonds. The summed E-state index contributed by atoms with van der Waals surface area (Å²) in [6, 6.07) is 22.4. The lowest BCUT2D eigenvalue weighted by Crippen LogP contribution is -2.39. The predicted octanol–water partition coefficient (Wildman–Crippen LogP) is 5.83. The van der Waals surface area contributed by atoms with Gasteiger partial charge < -0.3 is 20.1 Å². The molecule has 7 heteroatoms. The molecule has 0 unspecified atom stereocenters. The first-order valence-electron chi connectivity index (χ1n) is 14.7. The number of carbonyl (C=O) groups is 3. The number of anilines is 1. The van der Waals surface area contributed by atoms with Gasteiger partial charge >= 0.3 is 5.97 Å². The van der Waals surface area contributed by atoms with Crippen molar-refractivity contribution in [3.05, 3.63) is 95.6 Å². The zero-order valence-electron chi connectivity index (χ0n) is 23.3. The molecule has 0 spiro atoms. The van der Waals surface area contributed by atoms with Crippen LogP contribution in [0.3, 0.4) is 0 Å². The molecule has 2 saturated carbocycles. The summed E-state index contributed by atoms with van der Waals surface area (Å²) >= 11 is 0. The number of hydrogen-bond acceptors (Lipinski definition) is 5. The van der Waals surface area contributed by atoms with E-state index in [4.69, 9.17) is 4.74 Å². The average molecular weight is 555 g/mol. The molecule has 214 valence electrons. The van der Waals surface area contributed by atoms with Crippen LogP contribution in [-0.2, 0) is 16.0 Å². The quantitative estimate of drug-likeness (QED) is 0.243. The van der Waals surface area contributed by atoms with Gasteiger partial charge in [-0.05, 0) is 61.4 Å². The van der Waals surface area contributed by atoms with Gasteiger partial charge in [-0.15, -0.1) is 0 Å². The molecule has 1 atom stereocenters. The van der Waals surface area contributed by atoms with Crippen LogP contribution in [0, 0.1) is 11.8 Å². The number of carbonyl (C=O) groups excluding carboxylic acids is 2. The van der Waals surface area contributed by atoms with Gasteiger partial charge in [-0.3, -0.25) is 9.59 Å². The van der Waals surface area contributed by atoms with Gasteiger partial charge in [-0.1, -0.05) is 67.4 Å². The topological polar surface area (TPSA) is 95.9 Å². The standard InChI is InChI=1S/C34H38N2O5/c37-32(26-8-2-1-3-9-26)29-12-6-7-13-30(29)35-31(34(39)40)22-24-16-18-28(19-17-24)41-21-20-36(23-25-14-15-25)33(38)27-10-4-5-11-27/h1-3,6-9,12-13,16-19,25,27,31,35H,4-5,10-11,14-15,20-23H2,(H,39,40)/t31-/m0/s1. The van der Waals surface area contributed by atoms with Crippen molar-refractivity contribution in [1.29, 1.82) is 0 Å². The number of ether oxygens (including phenoxy) is 1. The normalized spacial score (nSPS) is 15.7. The van der Waals surface area contributed by atoms with Crippen molar-refractivity contribution in [3.63, 3.8) is 0 Å². The Morgan fingerprint density at radius 1 is 0.878 bits per heavy atom. The molecule has 0 saturated heterocycles. The van der Waals surface area contributed by atoms with Crippen LogP contribution in [0.25, 0.3) is 0 Å². The zero-order valence-corrected chi connectivity index (χ0v) is 23.3. The van der Waals surface area contributed by atoms with Gasteiger partial charge in [0.15, 0.2) is 5.78 Å². The van der Waals surface area contributed by atoms with Crippen LogP contribution in [0.1, 0.15) is 60.0 Å². The fourth-order valence-electron chi connectivity index (χ4n) is 5.51. The minimum atomic E-state index is -1.00. The Hall–Kier alpha value is -4.13. The third-order valence-electron chi connectivity index (χ3n) is 8.02. The Balaban J connectivity index is 1.17. The van der Waals surface area contributed by atoms with Crippen molar-refractivity contribution >= 4 is 23.3 Å². The molecule has 2 aliphatic rings. The van der Waals surface area contributed by atoms with Crippen LogP contribution >= 0.6 is 0 Å². The maximum absolute atomic E-state index is 13.1. The Kier molecular flexibility index (Phi) is 9.34. The van der Waals surface area contributed by atoms with E-state index in [-0.39, 0.29) is 24.0 Å². The molecule has 0 radical (unpaired) electrons. The first-order chi connectivity index (χ1) is 20.0. The second kappa shape index (κ2) is 13.5. The molecule has 3 aromatic rings. The molecule has 41 heavy (non-hydrogen) atoms. The van der Waals surface area contributed by atoms with Crippen LogP contribution in [0.4, 0.5) is 5.69 Å². The lowest BCUT2D eigenvalue weighted by atomic mass is 10.00. The fraction of sp³-hybridized carbons (Fsp3) is 0.382. The molecule has 0 aromatic heterocycles. The van der Waals surface area contributed by atoms with E-state index in [1.165, 1.54) is 12.8 Å². The number of benzene rings is 3. The molecule has 0 bridgehead atoms. The number of hydrogen-bond donors (Lipinski definition) is 2. The largest absolute Gasteiger partial charge is 0.492 e. The van der Waals surface area contributed by atoms with Crippen LogP contribution < -0.4 is 10.1 Å². The van der Waals surface area contributed by atoms with E-state index < -0.39 is 12.0 Å². The summed E-state index contributed by atoms with van der Waals surface area (Å²) < 4.78 is 5.98. The fourth-order valence-corrected chi connectivity index (χ4v) is 5.51. The SMILES string of the molecule is O=C(c1ccccc1)c1ccccc1N[C@@H](Cc1ccc(OCCN(CC2CC2)C(=O)C2CCCC2)cc1)C(=O)O. The van der Waals surface area contributed by atoms with Gasteiger partial charge in [-0.2, -0.15) is 0 Å². The highest BCUT2D eigenvalue weighted by Crippen LogP contribution is 2.32. The summed E-state index contributed by atoms with van der Waals surface area (Å²) in [5, 5.41) is 13.0. The van der Waals surface area contributed by atoms with Crippen molar-refractivity contribution in [2.45, 2.75) is 51.0 Å². The van der Waals surface area contributed by atoms with Gasteiger partial charge in [0.25, 0.3) is 0 Å². The van der Waals surface area contributed by atoms with E-state index in [1.807, 2.05) is 35.2 Å². The molecule has 0 aliphatic heterocycles. The highest BCUT2D eigenvalue weighted by molar-refractivity contribution is 6.12. The first kappa shape index (κ1) is 28.4. The van der Waals surface area contributed by atoms with Gasteiger partial charge in [0.1, 0.15) is 18.4 Å². The van der Waals surface area contributed by atoms with Gasteiger partial charge in [-0.25, -0.2) is 4.79 Å². The number of amides is 1. The van der Waals surface area contributed by atoms with Crippen molar-refractivity contribution in [3.8, 4) is 5.75 Å². The average Bonchev–Trinajstić information content (AvgIpc) is 3.65. The second-order valence-electron chi connectivity index (χ2n) is 11.2. The smallest absolute Gasteiger partial charge is 0.326 e. The molecule has 7 nitrogen and oxygen atoms in total. The van der Waals surface area contributed by atoms with Crippen LogP contribution in [0.15, 0.2) is 78.9 Å². The van der Waals surface area contributed by atoms with E-state index in [2.05, 4.69) is 5.32 Å². The van der Waals surface area contributed by atoms with Crippen LogP contribution in [0.5, 0.6) is 5.75 Å². The number of nitrogens with zero attached hydrogens (tertiary/aromatic N) is 1. The highest BCUT2D eigenvalue weighted by atomic mass is 16.5. The summed E-state index contributed by atoms with van der Waals surface area (Å²) in [5.74, 6) is 0.612. The third-order valence-corrected chi connectivity index (χ3v) is 8.02. The monoisotopic (exact) mass is 554 g/mol. The summed E-state index contributed by atoms with van der Waals surface area (Å²) in [4.78, 5) is 40.3. The molecular weight excluding hydrogens is 516 g/mol. The molecule has 3 aromatic carbocycles. The summed E-state index contributed by atoms with van der Waals surface area (Å²) in [6.07, 6.45) is 6.94. The molecule has 2 N–H and O–H groups in total. The lowest BCUT2D eigenvalue weighted by molar-refractivity contribution is -0.138. The first-order valence-corrected chi connectivity index (χ1v) is 14.7. The predicted molar refractivity (Wildman–Crippen MR) is 158 cm³/mol. The lowest BCUT2D eigenvalue weighted by Gasteiger charge is -2.25. The second-order valence-corrected chi connectivity index (χ2v) is 11.2. The number of carboxylic acids is 1. The van der Waals surface area contributed by atoms with Crippen molar-refractivity contribution in [2.75, 3.05) is 25.0 Å². The Labute approximate surface area is 241 Å². The van der Waals surface area contributed by atoms with Crippen LogP contribution in [-0.4, -0.2) is 53.4 Å². The summed E-state index contributed by atoms with van der Waals surface area (Å²) in [7, 11) is 0. The molecule has 2 aliphatic carbocycles. The summed E-state index contributed by atoms with van der Waals surface area (Å²) in [5.41, 5.74) is 2.28. The maximum atomic E-state index is 13.1. The van der Waals surface area contributed by atoms with E-state index in [0.29, 0.717) is 41.6 Å². The van der Waals surface area contributed by atoms with Gasteiger partial charge in [0, 0.05) is 35.7 Å². The van der Waals surface area contributed by atoms with Crippen molar-refractivity contribution in [1.82, 2.24) is 4.90 Å². The Morgan fingerprint density at radius 3 is 2.24 bits per heavy atom. The Bertz CT molecular complexity index is 1330. The third kappa shape index (κ3) is 7.75. The molecule has 5 rings (SSSR count). The zero-order chi connectivity index (χ0) is 28.6. The highest BCUT2D eigenvalue weighted by Gasteiger charge is 2.31. The molecular formula is C34H38N2O5. The minimum absolute atomic E-state index is 0.167. The van der Waals surface area contributed by atoms with E-state index in [0.717, 1.165) is 37.8 Å². The van der Waals surface area contributed by atoms with Crippen molar-refractivity contribution in [2.24, 2.45) is 11.8 Å². The van der Waals surface area contributed by atoms with E-state index >= 15 is 0 Å². The van der Waals surface area contributed by atoms with Gasteiger partial charge in [0.05, 0.1) is 6.54 Å². The number of para-hydroxylation sites is 1. The number of carboxylic acid groups (broad SMARTS) is 1. The molecule has 2 fully saturated rings. The van der Waals surface area contributed by atoms with Gasteiger partial charge in [0.2, 0.25) is 5.91 Å². The number of aliphatic carboxylic acids is 1. The maximum Gasteiger partial charge on any atom is 0.326 e. The number of nitrogens with one attached hydrogen (secondary N) is 1. The van der Waals surface area contributed by atoms with E-state index in [9.17, 15) is 19.5 Å². The van der Waals surface area contributed by atoms with Crippen LogP contribution in [0.2, 0.25) is 0 Å².